The van der Waals surface area contributed by atoms with Gasteiger partial charge in [0.1, 0.15) is 0 Å². The van der Waals surface area contributed by atoms with Gasteiger partial charge in [-0.1, -0.05) is 27.2 Å². The van der Waals surface area contributed by atoms with Crippen LogP contribution in [0.3, 0.4) is 0 Å². The van der Waals surface area contributed by atoms with Gasteiger partial charge in [-0.15, -0.1) is 0 Å². The Morgan fingerprint density at radius 1 is 1.33 bits per heavy atom. The van der Waals surface area contributed by atoms with Gasteiger partial charge in [0.2, 0.25) is 0 Å². The van der Waals surface area contributed by atoms with Crippen molar-refractivity contribution < 1.29 is 0 Å². The van der Waals surface area contributed by atoms with E-state index in [0.29, 0.717) is 5.54 Å². The van der Waals surface area contributed by atoms with Crippen LogP contribution in [0.5, 0.6) is 0 Å². The zero-order valence-corrected chi connectivity index (χ0v) is 9.06. The first-order valence-electron chi connectivity index (χ1n) is 5.38. The molecule has 1 fully saturated rings. The van der Waals surface area contributed by atoms with Gasteiger partial charge >= 0.3 is 0 Å². The molecular weight excluding hydrogens is 146 g/mol. The van der Waals surface area contributed by atoms with Crippen molar-refractivity contribution in [1.82, 2.24) is 4.90 Å². The summed E-state index contributed by atoms with van der Waals surface area (Å²) in [6.07, 6.45) is 5.47. The van der Waals surface area contributed by atoms with E-state index >= 15 is 0 Å². The maximum atomic E-state index is 2.58. The maximum Gasteiger partial charge on any atom is 0.0233 e. The minimum Gasteiger partial charge on any atom is -0.300 e. The topological polar surface area (TPSA) is 3.24 Å². The number of nitrogens with zero attached hydrogens (tertiary/aromatic N) is 1. The quantitative estimate of drug-likeness (QED) is 0.611. The lowest BCUT2D eigenvalue weighted by Gasteiger charge is -2.32. The van der Waals surface area contributed by atoms with Gasteiger partial charge in [0.05, 0.1) is 0 Å². The standard InChI is InChI=1S/C11H23N/c1-5-9-12(4)11(7-8-11)10(3)6-2/h10H,5-9H2,1-4H3. The SMILES string of the molecule is CCCN(C)C1(C(C)CC)CC1. The molecule has 0 aromatic rings. The van der Waals surface area contributed by atoms with Crippen molar-refractivity contribution in [2.45, 2.75) is 52.0 Å². The van der Waals surface area contributed by atoms with Crippen LogP contribution < -0.4 is 0 Å². The van der Waals surface area contributed by atoms with E-state index in [1.165, 1.54) is 32.2 Å². The van der Waals surface area contributed by atoms with Gasteiger partial charge in [-0.25, -0.2) is 0 Å². The first-order valence-corrected chi connectivity index (χ1v) is 5.38. The Kier molecular flexibility index (Phi) is 3.16. The monoisotopic (exact) mass is 169 g/mol. The summed E-state index contributed by atoms with van der Waals surface area (Å²) in [7, 11) is 2.29. The van der Waals surface area contributed by atoms with E-state index in [0.717, 1.165) is 5.92 Å². The fourth-order valence-corrected chi connectivity index (χ4v) is 2.32. The summed E-state index contributed by atoms with van der Waals surface area (Å²) in [4.78, 5) is 2.58. The van der Waals surface area contributed by atoms with E-state index in [1.54, 1.807) is 0 Å². The van der Waals surface area contributed by atoms with Gasteiger partial charge < -0.3 is 4.90 Å². The maximum absolute atomic E-state index is 2.58. The molecule has 0 bridgehead atoms. The summed E-state index contributed by atoms with van der Waals surface area (Å²) in [5.74, 6) is 0.883. The summed E-state index contributed by atoms with van der Waals surface area (Å²) >= 11 is 0. The molecule has 0 N–H and O–H groups in total. The highest BCUT2D eigenvalue weighted by Gasteiger charge is 2.49. The average molecular weight is 169 g/mol. The zero-order valence-electron chi connectivity index (χ0n) is 9.06. The Hall–Kier alpha value is -0.0400. The fourth-order valence-electron chi connectivity index (χ4n) is 2.32. The van der Waals surface area contributed by atoms with E-state index < -0.39 is 0 Å². The van der Waals surface area contributed by atoms with Crippen molar-refractivity contribution >= 4 is 0 Å². The Bertz CT molecular complexity index is 138. The molecule has 1 rings (SSSR count). The third kappa shape index (κ3) is 1.66. The van der Waals surface area contributed by atoms with Crippen molar-refractivity contribution in [2.24, 2.45) is 5.92 Å². The Labute approximate surface area is 77.1 Å². The van der Waals surface area contributed by atoms with E-state index in [-0.39, 0.29) is 0 Å². The molecule has 0 aliphatic heterocycles. The molecule has 0 radical (unpaired) electrons. The van der Waals surface area contributed by atoms with E-state index in [1.807, 2.05) is 0 Å². The van der Waals surface area contributed by atoms with Crippen LogP contribution >= 0.6 is 0 Å². The second-order valence-electron chi connectivity index (χ2n) is 4.33. The van der Waals surface area contributed by atoms with Crippen LogP contribution in [0.1, 0.15) is 46.5 Å². The summed E-state index contributed by atoms with van der Waals surface area (Å²) in [5, 5.41) is 0. The van der Waals surface area contributed by atoms with E-state index in [9.17, 15) is 0 Å². The van der Waals surface area contributed by atoms with Crippen molar-refractivity contribution in [1.29, 1.82) is 0 Å². The molecule has 1 saturated carbocycles. The van der Waals surface area contributed by atoms with Crippen LogP contribution in [-0.2, 0) is 0 Å². The first kappa shape index (κ1) is 10.0. The number of rotatable bonds is 5. The lowest BCUT2D eigenvalue weighted by molar-refractivity contribution is 0.157. The molecule has 1 nitrogen and oxygen atoms in total. The van der Waals surface area contributed by atoms with Crippen molar-refractivity contribution in [3.8, 4) is 0 Å². The molecule has 0 amide bonds. The highest BCUT2D eigenvalue weighted by atomic mass is 15.2. The fraction of sp³-hybridized carbons (Fsp3) is 1.00. The van der Waals surface area contributed by atoms with Crippen LogP contribution in [0.15, 0.2) is 0 Å². The van der Waals surface area contributed by atoms with Gasteiger partial charge in [0.25, 0.3) is 0 Å². The molecule has 1 aliphatic rings. The second kappa shape index (κ2) is 3.78. The van der Waals surface area contributed by atoms with Gasteiger partial charge in [-0.3, -0.25) is 0 Å². The van der Waals surface area contributed by atoms with Crippen molar-refractivity contribution in [3.05, 3.63) is 0 Å². The molecule has 1 heteroatoms. The van der Waals surface area contributed by atoms with E-state index in [4.69, 9.17) is 0 Å². The summed E-state index contributed by atoms with van der Waals surface area (Å²) in [6.45, 7) is 8.25. The minimum absolute atomic E-state index is 0.602. The Morgan fingerprint density at radius 2 is 1.92 bits per heavy atom. The molecule has 0 saturated heterocycles. The molecular formula is C11H23N. The van der Waals surface area contributed by atoms with Gasteiger partial charge in [0.15, 0.2) is 0 Å². The smallest absolute Gasteiger partial charge is 0.0233 e. The largest absolute Gasteiger partial charge is 0.300 e. The Morgan fingerprint density at radius 3 is 2.25 bits per heavy atom. The van der Waals surface area contributed by atoms with Crippen LogP contribution in [0.2, 0.25) is 0 Å². The molecule has 0 spiro atoms. The predicted octanol–water partition coefficient (Wildman–Crippen LogP) is 2.91. The molecule has 0 aromatic heterocycles. The molecule has 0 aromatic carbocycles. The van der Waals surface area contributed by atoms with Gasteiger partial charge in [-0.2, -0.15) is 0 Å². The zero-order chi connectivity index (χ0) is 9.19. The molecule has 12 heavy (non-hydrogen) atoms. The van der Waals surface area contributed by atoms with Crippen LogP contribution in [0, 0.1) is 5.92 Å². The minimum atomic E-state index is 0.602. The molecule has 72 valence electrons. The lowest BCUT2D eigenvalue weighted by Crippen LogP contribution is -2.39. The van der Waals surface area contributed by atoms with Crippen LogP contribution in [-0.4, -0.2) is 24.0 Å². The normalized spacial score (nSPS) is 22.8. The molecule has 1 atom stereocenters. The van der Waals surface area contributed by atoms with Gasteiger partial charge in [-0.05, 0) is 38.8 Å². The number of hydrogen-bond donors (Lipinski definition) is 0. The second-order valence-corrected chi connectivity index (χ2v) is 4.33. The molecule has 0 heterocycles. The third-order valence-corrected chi connectivity index (χ3v) is 3.61. The summed E-state index contributed by atoms with van der Waals surface area (Å²) in [5.41, 5.74) is 0.602. The predicted molar refractivity (Wildman–Crippen MR) is 54.3 cm³/mol. The highest BCUT2D eigenvalue weighted by molar-refractivity contribution is 5.05. The summed E-state index contributed by atoms with van der Waals surface area (Å²) in [6, 6.07) is 0. The first-order chi connectivity index (χ1) is 5.67. The van der Waals surface area contributed by atoms with E-state index in [2.05, 4.69) is 32.7 Å². The Balaban J connectivity index is 2.47. The molecule has 1 unspecified atom stereocenters. The summed E-state index contributed by atoms with van der Waals surface area (Å²) < 4.78 is 0. The van der Waals surface area contributed by atoms with Crippen LogP contribution in [0.4, 0.5) is 0 Å². The highest BCUT2D eigenvalue weighted by Crippen LogP contribution is 2.48. The van der Waals surface area contributed by atoms with Gasteiger partial charge in [0, 0.05) is 5.54 Å². The van der Waals surface area contributed by atoms with Crippen molar-refractivity contribution in [3.63, 3.8) is 0 Å². The average Bonchev–Trinajstić information content (AvgIpc) is 2.84. The number of hydrogen-bond acceptors (Lipinski definition) is 1. The third-order valence-electron chi connectivity index (χ3n) is 3.61. The van der Waals surface area contributed by atoms with Crippen molar-refractivity contribution in [2.75, 3.05) is 13.6 Å². The lowest BCUT2D eigenvalue weighted by atomic mass is 9.95. The molecule has 1 aliphatic carbocycles. The van der Waals surface area contributed by atoms with Crippen LogP contribution in [0.25, 0.3) is 0 Å².